The zero-order chi connectivity index (χ0) is 15.9. The minimum absolute atomic E-state index is 0.173. The lowest BCUT2D eigenvalue weighted by molar-refractivity contribution is 0.0892. The summed E-state index contributed by atoms with van der Waals surface area (Å²) in [5.41, 5.74) is 1.34. The largest absolute Gasteiger partial charge is 0.387 e. The molecule has 0 saturated carbocycles. The first-order valence-electron chi connectivity index (χ1n) is 6.91. The molecule has 0 aromatic heterocycles. The standard InChI is InChI=1S/C16H16ClNO3S/c1-18-14(10-11-5-4-6-12(17)9-11)16(19)13-7-2-3-8-15(13)22(18,20)21/h2-9,14,16,19H,10H2,1H3/t14-,16-/m1/s1. The highest BCUT2D eigenvalue weighted by molar-refractivity contribution is 7.89. The highest BCUT2D eigenvalue weighted by Crippen LogP contribution is 2.37. The molecule has 2 atom stereocenters. The summed E-state index contributed by atoms with van der Waals surface area (Å²) >= 11 is 5.98. The van der Waals surface area contributed by atoms with Crippen LogP contribution >= 0.6 is 11.6 Å². The van der Waals surface area contributed by atoms with Crippen molar-refractivity contribution >= 4 is 21.6 Å². The van der Waals surface area contributed by atoms with Crippen LogP contribution in [0.1, 0.15) is 17.2 Å². The van der Waals surface area contributed by atoms with Crippen molar-refractivity contribution in [1.82, 2.24) is 4.31 Å². The fourth-order valence-corrected chi connectivity index (χ4v) is 4.65. The Balaban J connectivity index is 2.03. The second-order valence-corrected chi connectivity index (χ2v) is 7.81. The third kappa shape index (κ3) is 2.54. The number of benzene rings is 2. The van der Waals surface area contributed by atoms with E-state index in [1.165, 1.54) is 17.4 Å². The second kappa shape index (κ2) is 5.66. The summed E-state index contributed by atoms with van der Waals surface area (Å²) in [7, 11) is -2.09. The molecule has 3 rings (SSSR count). The normalized spacial score (nSPS) is 24.0. The summed E-state index contributed by atoms with van der Waals surface area (Å²) in [4.78, 5) is 0.173. The number of fused-ring (bicyclic) bond motifs is 1. The molecule has 1 aliphatic rings. The van der Waals surface area contributed by atoms with E-state index in [4.69, 9.17) is 11.6 Å². The molecule has 0 fully saturated rings. The number of aliphatic hydroxyl groups excluding tert-OH is 1. The molecule has 2 aromatic rings. The van der Waals surface area contributed by atoms with Crippen molar-refractivity contribution in [3.63, 3.8) is 0 Å². The summed E-state index contributed by atoms with van der Waals surface area (Å²) in [6.07, 6.45) is -0.477. The lowest BCUT2D eigenvalue weighted by Gasteiger charge is -2.37. The van der Waals surface area contributed by atoms with Crippen LogP contribution < -0.4 is 0 Å². The van der Waals surface area contributed by atoms with Crippen LogP contribution in [0.4, 0.5) is 0 Å². The predicted octanol–water partition coefficient (Wildman–Crippen LogP) is 2.62. The Morgan fingerprint density at radius 3 is 2.64 bits per heavy atom. The number of likely N-dealkylation sites (N-methyl/N-ethyl adjacent to an activating group) is 1. The van der Waals surface area contributed by atoms with Gasteiger partial charge in [-0.25, -0.2) is 8.42 Å². The van der Waals surface area contributed by atoms with Crippen LogP contribution in [0.5, 0.6) is 0 Å². The minimum Gasteiger partial charge on any atom is -0.387 e. The number of sulfonamides is 1. The molecule has 1 heterocycles. The van der Waals surface area contributed by atoms with Gasteiger partial charge >= 0.3 is 0 Å². The molecule has 0 spiro atoms. The first-order valence-corrected chi connectivity index (χ1v) is 8.72. The molecule has 4 nitrogen and oxygen atoms in total. The van der Waals surface area contributed by atoms with E-state index in [1.807, 2.05) is 12.1 Å². The van der Waals surface area contributed by atoms with Crippen LogP contribution in [0.15, 0.2) is 53.4 Å². The van der Waals surface area contributed by atoms with Gasteiger partial charge in [-0.05, 0) is 30.2 Å². The van der Waals surface area contributed by atoms with Gasteiger partial charge in [0.25, 0.3) is 0 Å². The highest BCUT2D eigenvalue weighted by Gasteiger charge is 2.41. The van der Waals surface area contributed by atoms with Gasteiger partial charge in [0.2, 0.25) is 10.0 Å². The van der Waals surface area contributed by atoms with Crippen molar-refractivity contribution in [2.75, 3.05) is 7.05 Å². The van der Waals surface area contributed by atoms with Gasteiger partial charge in [0.1, 0.15) is 0 Å². The van der Waals surface area contributed by atoms with Gasteiger partial charge in [-0.2, -0.15) is 4.31 Å². The Labute approximate surface area is 135 Å². The summed E-state index contributed by atoms with van der Waals surface area (Å²) in [5, 5.41) is 11.2. The number of halogens is 1. The van der Waals surface area contributed by atoms with Crippen LogP contribution in [-0.2, 0) is 16.4 Å². The van der Waals surface area contributed by atoms with E-state index < -0.39 is 22.2 Å². The SMILES string of the molecule is CN1[C@H](Cc2cccc(Cl)c2)[C@H](O)c2ccccc2S1(=O)=O. The van der Waals surface area contributed by atoms with E-state index in [0.29, 0.717) is 17.0 Å². The van der Waals surface area contributed by atoms with E-state index in [9.17, 15) is 13.5 Å². The summed E-state index contributed by atoms with van der Waals surface area (Å²) in [6, 6.07) is 13.3. The van der Waals surface area contributed by atoms with E-state index in [1.54, 1.807) is 30.3 Å². The molecule has 116 valence electrons. The van der Waals surface area contributed by atoms with Crippen molar-refractivity contribution in [2.24, 2.45) is 0 Å². The van der Waals surface area contributed by atoms with Gasteiger partial charge in [0.15, 0.2) is 0 Å². The van der Waals surface area contributed by atoms with E-state index in [2.05, 4.69) is 0 Å². The highest BCUT2D eigenvalue weighted by atomic mass is 35.5. The number of hydrogen-bond acceptors (Lipinski definition) is 3. The fraction of sp³-hybridized carbons (Fsp3) is 0.250. The summed E-state index contributed by atoms with van der Waals surface area (Å²) in [5.74, 6) is 0. The molecule has 0 aliphatic carbocycles. The van der Waals surface area contributed by atoms with Gasteiger partial charge in [-0.1, -0.05) is 41.9 Å². The van der Waals surface area contributed by atoms with Gasteiger partial charge < -0.3 is 5.11 Å². The number of nitrogens with zero attached hydrogens (tertiary/aromatic N) is 1. The molecule has 0 unspecified atom stereocenters. The molecule has 2 aromatic carbocycles. The monoisotopic (exact) mass is 337 g/mol. The van der Waals surface area contributed by atoms with Crippen LogP contribution in [0.25, 0.3) is 0 Å². The Morgan fingerprint density at radius 1 is 1.18 bits per heavy atom. The van der Waals surface area contributed by atoms with Gasteiger partial charge in [-0.3, -0.25) is 0 Å². The number of rotatable bonds is 2. The van der Waals surface area contributed by atoms with Crippen LogP contribution in [0.3, 0.4) is 0 Å². The third-order valence-electron chi connectivity index (χ3n) is 4.06. The lowest BCUT2D eigenvalue weighted by Crippen LogP contribution is -2.46. The van der Waals surface area contributed by atoms with Gasteiger partial charge in [-0.15, -0.1) is 0 Å². The molecule has 0 saturated heterocycles. The quantitative estimate of drug-likeness (QED) is 0.916. The van der Waals surface area contributed by atoms with Crippen LogP contribution in [-0.4, -0.2) is 30.9 Å². The molecule has 0 radical (unpaired) electrons. The Kier molecular flexibility index (Phi) is 3.99. The maximum atomic E-state index is 12.6. The smallest absolute Gasteiger partial charge is 0.243 e. The van der Waals surface area contributed by atoms with Crippen LogP contribution in [0.2, 0.25) is 5.02 Å². The molecular weight excluding hydrogens is 322 g/mol. The molecule has 22 heavy (non-hydrogen) atoms. The zero-order valence-electron chi connectivity index (χ0n) is 12.0. The Bertz CT molecular complexity index is 807. The maximum Gasteiger partial charge on any atom is 0.243 e. The average Bonchev–Trinajstić information content (AvgIpc) is 2.50. The molecule has 6 heteroatoms. The number of aliphatic hydroxyl groups is 1. The third-order valence-corrected chi connectivity index (χ3v) is 6.25. The number of hydrogen-bond donors (Lipinski definition) is 1. The van der Waals surface area contributed by atoms with E-state index >= 15 is 0 Å². The topological polar surface area (TPSA) is 57.6 Å². The maximum absolute atomic E-state index is 12.6. The average molecular weight is 338 g/mol. The van der Waals surface area contributed by atoms with Gasteiger partial charge in [0, 0.05) is 17.6 Å². The molecule has 1 aliphatic heterocycles. The molecular formula is C16H16ClNO3S. The fourth-order valence-electron chi connectivity index (χ4n) is 2.84. The lowest BCUT2D eigenvalue weighted by atomic mass is 9.96. The molecule has 0 bridgehead atoms. The zero-order valence-corrected chi connectivity index (χ0v) is 13.6. The van der Waals surface area contributed by atoms with Crippen molar-refractivity contribution in [3.05, 3.63) is 64.7 Å². The summed E-state index contributed by atoms with van der Waals surface area (Å²) < 4.78 is 26.5. The van der Waals surface area contributed by atoms with E-state index in [-0.39, 0.29) is 4.90 Å². The first-order chi connectivity index (χ1) is 10.4. The van der Waals surface area contributed by atoms with Crippen molar-refractivity contribution in [3.8, 4) is 0 Å². The Morgan fingerprint density at radius 2 is 1.91 bits per heavy atom. The van der Waals surface area contributed by atoms with Crippen LogP contribution in [0, 0.1) is 0 Å². The molecule has 0 amide bonds. The van der Waals surface area contributed by atoms with Crippen molar-refractivity contribution in [1.29, 1.82) is 0 Å². The molecule has 1 N–H and O–H groups in total. The van der Waals surface area contributed by atoms with Gasteiger partial charge in [0.05, 0.1) is 17.0 Å². The van der Waals surface area contributed by atoms with Crippen molar-refractivity contribution < 1.29 is 13.5 Å². The van der Waals surface area contributed by atoms with E-state index in [0.717, 1.165) is 5.56 Å². The minimum atomic E-state index is -3.59. The Hall–Kier alpha value is -1.40. The first kappa shape index (κ1) is 15.5. The predicted molar refractivity (Wildman–Crippen MR) is 85.3 cm³/mol. The van der Waals surface area contributed by atoms with Crippen molar-refractivity contribution in [2.45, 2.75) is 23.5 Å². The second-order valence-electron chi connectivity index (χ2n) is 5.41. The summed E-state index contributed by atoms with van der Waals surface area (Å²) in [6.45, 7) is 0.